The molecular weight excluding hydrogens is 424 g/mol. The molecule has 0 amide bonds. The van der Waals surface area contributed by atoms with Gasteiger partial charge >= 0.3 is 0 Å². The van der Waals surface area contributed by atoms with E-state index in [1.54, 1.807) is 6.20 Å². The second-order valence-electron chi connectivity index (χ2n) is 7.05. The molecule has 2 heterocycles. The molecule has 0 saturated carbocycles. The van der Waals surface area contributed by atoms with Crippen molar-refractivity contribution in [2.24, 2.45) is 0 Å². The smallest absolute Gasteiger partial charge is 0.0983 e. The van der Waals surface area contributed by atoms with E-state index in [1.807, 2.05) is 29.1 Å². The Balaban J connectivity index is 1.58. The number of nitrogens with one attached hydrogen (secondary N) is 1. The molecule has 0 saturated heterocycles. The normalized spacial score (nSPS) is 12.1. The Hall–Kier alpha value is -2.76. The number of nitrogens with zero attached hydrogens (tertiary/aromatic N) is 3. The lowest BCUT2D eigenvalue weighted by atomic mass is 10.1. The average molecular weight is 447 g/mol. The molecular formula is C24H23BrN4. The van der Waals surface area contributed by atoms with E-state index in [4.69, 9.17) is 5.10 Å². The Labute approximate surface area is 179 Å². The number of rotatable bonds is 7. The van der Waals surface area contributed by atoms with Crippen molar-refractivity contribution in [1.29, 1.82) is 0 Å². The molecule has 0 aliphatic carbocycles. The van der Waals surface area contributed by atoms with E-state index in [2.05, 4.69) is 87.9 Å². The molecule has 1 unspecified atom stereocenters. The van der Waals surface area contributed by atoms with Crippen molar-refractivity contribution in [3.63, 3.8) is 0 Å². The van der Waals surface area contributed by atoms with Gasteiger partial charge in [-0.2, -0.15) is 5.10 Å². The van der Waals surface area contributed by atoms with Crippen LogP contribution in [0.4, 0.5) is 0 Å². The fourth-order valence-electron chi connectivity index (χ4n) is 3.39. The molecule has 0 spiro atoms. The Morgan fingerprint density at radius 3 is 2.55 bits per heavy atom. The number of pyridine rings is 1. The van der Waals surface area contributed by atoms with Gasteiger partial charge < -0.3 is 5.32 Å². The van der Waals surface area contributed by atoms with Crippen LogP contribution in [0.3, 0.4) is 0 Å². The largest absolute Gasteiger partial charge is 0.306 e. The molecule has 5 heteroatoms. The summed E-state index contributed by atoms with van der Waals surface area (Å²) in [6.07, 6.45) is 5.79. The molecule has 4 rings (SSSR count). The zero-order valence-corrected chi connectivity index (χ0v) is 17.9. The third-order valence-electron chi connectivity index (χ3n) is 4.93. The molecule has 2 aromatic carbocycles. The monoisotopic (exact) mass is 446 g/mol. The summed E-state index contributed by atoms with van der Waals surface area (Å²) in [6, 6.07) is 22.9. The van der Waals surface area contributed by atoms with Crippen LogP contribution < -0.4 is 5.32 Å². The highest BCUT2D eigenvalue weighted by molar-refractivity contribution is 9.10. The maximum absolute atomic E-state index is 4.87. The van der Waals surface area contributed by atoms with Gasteiger partial charge in [0.1, 0.15) is 0 Å². The molecule has 29 heavy (non-hydrogen) atoms. The first-order chi connectivity index (χ1) is 14.2. The van der Waals surface area contributed by atoms with Gasteiger partial charge in [-0.15, -0.1) is 0 Å². The summed E-state index contributed by atoms with van der Waals surface area (Å²) in [7, 11) is 0. The summed E-state index contributed by atoms with van der Waals surface area (Å²) in [5.41, 5.74) is 5.64. The van der Waals surface area contributed by atoms with Crippen LogP contribution in [0, 0.1) is 0 Å². The zero-order chi connectivity index (χ0) is 20.1. The van der Waals surface area contributed by atoms with Crippen molar-refractivity contribution >= 4 is 15.9 Å². The fraction of sp³-hybridized carbons (Fsp3) is 0.167. The van der Waals surface area contributed by atoms with E-state index in [9.17, 15) is 0 Å². The van der Waals surface area contributed by atoms with Gasteiger partial charge in [-0.25, -0.2) is 0 Å². The van der Waals surface area contributed by atoms with Crippen LogP contribution in [0.2, 0.25) is 0 Å². The van der Waals surface area contributed by atoms with Gasteiger partial charge in [0, 0.05) is 46.8 Å². The quantitative estimate of drug-likeness (QED) is 0.401. The van der Waals surface area contributed by atoms with E-state index in [0.717, 1.165) is 34.4 Å². The first-order valence-corrected chi connectivity index (χ1v) is 10.5. The molecule has 1 atom stereocenters. The third kappa shape index (κ3) is 4.81. The maximum Gasteiger partial charge on any atom is 0.0983 e. The number of halogens is 1. The predicted octanol–water partition coefficient (Wildman–Crippen LogP) is 5.61. The lowest BCUT2D eigenvalue weighted by Gasteiger charge is -2.15. The highest BCUT2D eigenvalue weighted by atomic mass is 79.9. The molecule has 2 aromatic heterocycles. The highest BCUT2D eigenvalue weighted by Crippen LogP contribution is 2.25. The van der Waals surface area contributed by atoms with Gasteiger partial charge in [-0.3, -0.25) is 9.67 Å². The number of benzene rings is 2. The fourth-order valence-corrected chi connectivity index (χ4v) is 4.02. The second kappa shape index (κ2) is 9.16. The zero-order valence-electron chi connectivity index (χ0n) is 16.3. The summed E-state index contributed by atoms with van der Waals surface area (Å²) in [6.45, 7) is 3.65. The van der Waals surface area contributed by atoms with Crippen LogP contribution in [-0.4, -0.2) is 14.8 Å². The van der Waals surface area contributed by atoms with Crippen LogP contribution in [0.5, 0.6) is 0 Å². The Bertz CT molecular complexity index is 1060. The van der Waals surface area contributed by atoms with Gasteiger partial charge in [0.2, 0.25) is 0 Å². The summed E-state index contributed by atoms with van der Waals surface area (Å²) in [5, 5.41) is 8.51. The lowest BCUT2D eigenvalue weighted by molar-refractivity contribution is 0.572. The summed E-state index contributed by atoms with van der Waals surface area (Å²) in [5.74, 6) is 0. The first-order valence-electron chi connectivity index (χ1n) is 9.69. The first kappa shape index (κ1) is 19.6. The van der Waals surface area contributed by atoms with Crippen molar-refractivity contribution in [3.8, 4) is 11.3 Å². The van der Waals surface area contributed by atoms with Crippen LogP contribution in [0.25, 0.3) is 11.3 Å². The molecule has 146 valence electrons. The lowest BCUT2D eigenvalue weighted by Crippen LogP contribution is -2.18. The minimum Gasteiger partial charge on any atom is -0.306 e. The minimum absolute atomic E-state index is 0.213. The molecule has 0 aliphatic heterocycles. The van der Waals surface area contributed by atoms with Gasteiger partial charge in [0.15, 0.2) is 0 Å². The van der Waals surface area contributed by atoms with E-state index in [-0.39, 0.29) is 6.04 Å². The summed E-state index contributed by atoms with van der Waals surface area (Å²) in [4.78, 5) is 4.27. The van der Waals surface area contributed by atoms with Crippen LogP contribution in [0.1, 0.15) is 29.7 Å². The number of aromatic nitrogens is 3. The Kier molecular flexibility index (Phi) is 6.17. The Morgan fingerprint density at radius 2 is 1.79 bits per heavy atom. The molecule has 0 radical (unpaired) electrons. The van der Waals surface area contributed by atoms with E-state index >= 15 is 0 Å². The standard InChI is InChI=1S/C24H23BrN4/c1-18(22-11-5-6-12-23(22)25)27-15-21-17-29(16-19-8-3-2-4-9-19)28-24(21)20-10-7-13-26-14-20/h2-14,17-18,27H,15-16H2,1H3. The molecule has 1 N–H and O–H groups in total. The van der Waals surface area contributed by atoms with Gasteiger partial charge in [0.05, 0.1) is 12.2 Å². The third-order valence-corrected chi connectivity index (χ3v) is 5.65. The topological polar surface area (TPSA) is 42.7 Å². The van der Waals surface area contributed by atoms with Crippen molar-refractivity contribution in [1.82, 2.24) is 20.1 Å². The number of hydrogen-bond donors (Lipinski definition) is 1. The summed E-state index contributed by atoms with van der Waals surface area (Å²) >= 11 is 3.65. The van der Waals surface area contributed by atoms with Crippen molar-refractivity contribution in [2.75, 3.05) is 0 Å². The minimum atomic E-state index is 0.213. The van der Waals surface area contributed by atoms with Crippen molar-refractivity contribution in [3.05, 3.63) is 106 Å². The van der Waals surface area contributed by atoms with E-state index < -0.39 is 0 Å². The molecule has 0 aliphatic rings. The number of hydrogen-bond acceptors (Lipinski definition) is 3. The van der Waals surface area contributed by atoms with Gasteiger partial charge in [-0.1, -0.05) is 64.5 Å². The molecule has 4 aromatic rings. The van der Waals surface area contributed by atoms with Crippen LogP contribution in [0.15, 0.2) is 89.8 Å². The average Bonchev–Trinajstić information content (AvgIpc) is 3.16. The molecule has 0 bridgehead atoms. The van der Waals surface area contributed by atoms with Gasteiger partial charge in [0.25, 0.3) is 0 Å². The SMILES string of the molecule is CC(NCc1cn(Cc2ccccc2)nc1-c1cccnc1)c1ccccc1Br. The van der Waals surface area contributed by atoms with Crippen molar-refractivity contribution < 1.29 is 0 Å². The Morgan fingerprint density at radius 1 is 1.00 bits per heavy atom. The maximum atomic E-state index is 4.87. The van der Waals surface area contributed by atoms with Crippen LogP contribution in [-0.2, 0) is 13.1 Å². The van der Waals surface area contributed by atoms with Crippen molar-refractivity contribution in [2.45, 2.75) is 26.1 Å². The molecule has 0 fully saturated rings. The highest BCUT2D eigenvalue weighted by Gasteiger charge is 2.14. The van der Waals surface area contributed by atoms with Crippen LogP contribution >= 0.6 is 15.9 Å². The van der Waals surface area contributed by atoms with Gasteiger partial charge in [-0.05, 0) is 36.2 Å². The molecule has 4 nitrogen and oxygen atoms in total. The second-order valence-corrected chi connectivity index (χ2v) is 7.91. The summed E-state index contributed by atoms with van der Waals surface area (Å²) < 4.78 is 3.13. The van der Waals surface area contributed by atoms with E-state index in [0.29, 0.717) is 0 Å². The predicted molar refractivity (Wildman–Crippen MR) is 120 cm³/mol. The van der Waals surface area contributed by atoms with E-state index in [1.165, 1.54) is 11.1 Å².